The van der Waals surface area contributed by atoms with E-state index in [0.29, 0.717) is 32.2 Å². The highest BCUT2D eigenvalue weighted by Crippen LogP contribution is 2.14. The summed E-state index contributed by atoms with van der Waals surface area (Å²) in [5.74, 6) is -2.84. The second-order valence-corrected chi connectivity index (χ2v) is 12.3. The third-order valence-corrected chi connectivity index (χ3v) is 7.57. The van der Waals surface area contributed by atoms with Gasteiger partial charge >= 0.3 is 0 Å². The molecule has 0 aliphatic rings. The van der Waals surface area contributed by atoms with Crippen molar-refractivity contribution in [3.63, 3.8) is 0 Å². The van der Waals surface area contributed by atoms with Gasteiger partial charge in [0.1, 0.15) is 18.1 Å². The molecule has 13 heteroatoms. The van der Waals surface area contributed by atoms with Crippen LogP contribution in [0, 0.1) is 17.8 Å². The van der Waals surface area contributed by atoms with Crippen molar-refractivity contribution in [1.82, 2.24) is 31.6 Å². The summed E-state index contributed by atoms with van der Waals surface area (Å²) in [5.41, 5.74) is -0.185. The molecule has 0 spiro atoms. The average molecular weight is 635 g/mol. The van der Waals surface area contributed by atoms with Crippen LogP contribution >= 0.6 is 0 Å². The van der Waals surface area contributed by atoms with Crippen LogP contribution in [0.15, 0.2) is 23.1 Å². The van der Waals surface area contributed by atoms with Crippen molar-refractivity contribution in [1.29, 1.82) is 0 Å². The molecule has 5 amide bonds. The molecule has 1 heterocycles. The van der Waals surface area contributed by atoms with Crippen molar-refractivity contribution in [3.05, 3.63) is 34.2 Å². The number of nitrogens with one attached hydrogen (secondary N) is 6. The Kier molecular flexibility index (Phi) is 17.1. The summed E-state index contributed by atoms with van der Waals surface area (Å²) in [4.78, 5) is 78.9. The third-order valence-electron chi connectivity index (χ3n) is 7.57. The van der Waals surface area contributed by atoms with Gasteiger partial charge in [-0.25, -0.2) is 0 Å². The first kappa shape index (κ1) is 39.3. The number of likely N-dealkylation sites (N-methyl/N-ethyl adjacent to an activating group) is 1. The van der Waals surface area contributed by atoms with Gasteiger partial charge in [0.15, 0.2) is 0 Å². The highest BCUT2D eigenvalue weighted by atomic mass is 16.3. The van der Waals surface area contributed by atoms with E-state index in [1.807, 2.05) is 48.5 Å². The van der Waals surface area contributed by atoms with E-state index in [9.17, 15) is 33.9 Å². The Hall–Kier alpha value is -3.74. The number of aromatic nitrogens is 1. The Labute approximate surface area is 266 Å². The molecule has 7 N–H and O–H groups in total. The van der Waals surface area contributed by atoms with Gasteiger partial charge in [0.25, 0.3) is 5.91 Å². The molecule has 0 bridgehead atoms. The van der Waals surface area contributed by atoms with E-state index in [2.05, 4.69) is 31.6 Å². The Morgan fingerprint density at radius 2 is 1.51 bits per heavy atom. The number of carbonyl (C=O) groups excluding carboxylic acids is 5. The number of aliphatic hydroxyl groups is 1. The zero-order valence-corrected chi connectivity index (χ0v) is 28.0. The van der Waals surface area contributed by atoms with Crippen LogP contribution in [-0.2, 0) is 19.2 Å². The van der Waals surface area contributed by atoms with E-state index >= 15 is 0 Å². The molecule has 0 radical (unpaired) electrons. The number of H-pyrrole nitrogens is 1. The van der Waals surface area contributed by atoms with E-state index in [-0.39, 0.29) is 41.2 Å². The van der Waals surface area contributed by atoms with E-state index < -0.39 is 53.9 Å². The molecule has 13 nitrogen and oxygen atoms in total. The minimum absolute atomic E-state index is 0.0592. The summed E-state index contributed by atoms with van der Waals surface area (Å²) in [6, 6.07) is -0.913. The Bertz CT molecular complexity index is 1160. The summed E-state index contributed by atoms with van der Waals surface area (Å²) < 4.78 is 0. The number of pyridine rings is 1. The minimum Gasteiger partial charge on any atom is -0.390 e. The first-order valence-corrected chi connectivity index (χ1v) is 16.0. The number of amides is 5. The van der Waals surface area contributed by atoms with Gasteiger partial charge in [0.2, 0.25) is 29.2 Å². The fraction of sp³-hybridized carbons (Fsp3) is 0.688. The zero-order chi connectivity index (χ0) is 34.3. The van der Waals surface area contributed by atoms with Gasteiger partial charge in [-0.2, -0.15) is 0 Å². The minimum atomic E-state index is -1.25. The first-order valence-electron chi connectivity index (χ1n) is 16.0. The second-order valence-electron chi connectivity index (χ2n) is 12.3. The zero-order valence-electron chi connectivity index (χ0n) is 28.0. The smallest absolute Gasteiger partial charge is 0.253 e. The lowest BCUT2D eigenvalue weighted by atomic mass is 9.95. The lowest BCUT2D eigenvalue weighted by Gasteiger charge is -2.30. The highest BCUT2D eigenvalue weighted by molar-refractivity contribution is 5.98. The molecule has 1 rings (SSSR count). The lowest BCUT2D eigenvalue weighted by Crippen LogP contribution is -2.58. The van der Waals surface area contributed by atoms with Crippen molar-refractivity contribution in [2.75, 3.05) is 6.54 Å². The maximum Gasteiger partial charge on any atom is 0.253 e. The van der Waals surface area contributed by atoms with Crippen molar-refractivity contribution < 1.29 is 29.1 Å². The van der Waals surface area contributed by atoms with Gasteiger partial charge < -0.3 is 36.7 Å². The summed E-state index contributed by atoms with van der Waals surface area (Å²) in [6.07, 6.45) is 1.47. The maximum absolute atomic E-state index is 13.5. The molecule has 0 aliphatic heterocycles. The van der Waals surface area contributed by atoms with Crippen LogP contribution in [0.5, 0.6) is 0 Å². The van der Waals surface area contributed by atoms with Gasteiger partial charge in [0.05, 0.1) is 24.1 Å². The van der Waals surface area contributed by atoms with Crippen LogP contribution in [0.3, 0.4) is 0 Å². The van der Waals surface area contributed by atoms with Gasteiger partial charge in [0, 0.05) is 18.8 Å². The van der Waals surface area contributed by atoms with Crippen molar-refractivity contribution in [2.45, 2.75) is 118 Å². The molecular weight excluding hydrogens is 580 g/mol. The summed E-state index contributed by atoms with van der Waals surface area (Å²) in [5, 5.41) is 24.8. The fourth-order valence-electron chi connectivity index (χ4n) is 4.78. The van der Waals surface area contributed by atoms with Crippen LogP contribution in [0.2, 0.25) is 0 Å². The van der Waals surface area contributed by atoms with Gasteiger partial charge in [-0.1, -0.05) is 61.3 Å². The normalized spacial score (nSPS) is 15.3. The molecule has 0 fully saturated rings. The molecule has 0 aromatic carbocycles. The number of aromatic amines is 1. The predicted octanol–water partition coefficient (Wildman–Crippen LogP) is 1.36. The van der Waals surface area contributed by atoms with Gasteiger partial charge in [-0.15, -0.1) is 0 Å². The number of hydrogen-bond acceptors (Lipinski definition) is 7. The van der Waals surface area contributed by atoms with Gasteiger partial charge in [-0.3, -0.25) is 28.8 Å². The maximum atomic E-state index is 13.5. The Morgan fingerprint density at radius 1 is 0.844 bits per heavy atom. The summed E-state index contributed by atoms with van der Waals surface area (Å²) in [6.45, 7) is 15.2. The van der Waals surface area contributed by atoms with E-state index in [4.69, 9.17) is 0 Å². The lowest BCUT2D eigenvalue weighted by molar-refractivity contribution is -0.133. The van der Waals surface area contributed by atoms with Crippen molar-refractivity contribution >= 4 is 29.5 Å². The fourth-order valence-corrected chi connectivity index (χ4v) is 4.78. The van der Waals surface area contributed by atoms with Crippen LogP contribution in [0.25, 0.3) is 0 Å². The quantitative estimate of drug-likeness (QED) is 0.119. The van der Waals surface area contributed by atoms with Crippen molar-refractivity contribution in [2.24, 2.45) is 17.8 Å². The Morgan fingerprint density at radius 3 is 2.02 bits per heavy atom. The average Bonchev–Trinajstić information content (AvgIpc) is 2.97. The molecule has 0 unspecified atom stereocenters. The molecular formula is C32H54N6O7. The van der Waals surface area contributed by atoms with E-state index in [1.54, 1.807) is 6.92 Å². The van der Waals surface area contributed by atoms with Crippen LogP contribution in [-0.4, -0.2) is 76.4 Å². The molecule has 1 aromatic heterocycles. The molecule has 45 heavy (non-hydrogen) atoms. The first-order chi connectivity index (χ1) is 21.1. The van der Waals surface area contributed by atoms with E-state index in [1.165, 1.54) is 18.3 Å². The molecule has 254 valence electrons. The topological polar surface area (TPSA) is 199 Å². The predicted molar refractivity (Wildman–Crippen MR) is 172 cm³/mol. The third kappa shape index (κ3) is 13.4. The molecule has 0 aliphatic carbocycles. The largest absolute Gasteiger partial charge is 0.390 e. The van der Waals surface area contributed by atoms with E-state index in [0.717, 1.165) is 0 Å². The molecule has 6 atom stereocenters. The van der Waals surface area contributed by atoms with Gasteiger partial charge in [-0.05, 0) is 43.6 Å². The monoisotopic (exact) mass is 634 g/mol. The number of rotatable bonds is 19. The molecule has 0 saturated carbocycles. The molecule has 0 saturated heterocycles. The van der Waals surface area contributed by atoms with Crippen LogP contribution in [0.1, 0.15) is 97.9 Å². The number of aliphatic hydroxyl groups excluding tert-OH is 1. The Balaban J connectivity index is 3.06. The standard InChI is InChI=1S/C32H54N6O7/c1-9-12-22(35-32(45)28(20(8)10-2)38-29(42)21-13-14-25(40)34-17-21)30(43)36-23(15-18(4)5)24(39)16-26(41)37-27(19(6)7)31(44)33-11-3/h13-14,17-20,22-24,27-28,39H,9-12,15-16H2,1-8H3,(H,33,44)(H,34,40)(H,35,45)(H,36,43)(H,37,41)(H,38,42)/t20-,22-,23-,24-,27-,28-/m0/s1. The number of carbonyl (C=O) groups is 5. The van der Waals surface area contributed by atoms with Crippen molar-refractivity contribution in [3.8, 4) is 0 Å². The van der Waals surface area contributed by atoms with Crippen LogP contribution < -0.4 is 32.1 Å². The SMILES string of the molecule is CCC[C@H](NC(=O)[C@@H](NC(=O)c1ccc(=O)[nH]c1)[C@@H](C)CC)C(=O)N[C@@H](CC(C)C)[C@@H](O)CC(=O)N[C@H](C(=O)NCC)C(C)C. The molecule has 1 aromatic rings. The summed E-state index contributed by atoms with van der Waals surface area (Å²) >= 11 is 0. The van der Waals surface area contributed by atoms with Crippen LogP contribution in [0.4, 0.5) is 0 Å². The highest BCUT2D eigenvalue weighted by Gasteiger charge is 2.33. The number of hydrogen-bond donors (Lipinski definition) is 7. The summed E-state index contributed by atoms with van der Waals surface area (Å²) in [7, 11) is 0. The second kappa shape index (κ2) is 19.6.